The van der Waals surface area contributed by atoms with Gasteiger partial charge >= 0.3 is 0 Å². The van der Waals surface area contributed by atoms with Crippen LogP contribution in [0.3, 0.4) is 0 Å². The molecule has 0 aromatic heterocycles. The van der Waals surface area contributed by atoms with Crippen molar-refractivity contribution in [2.24, 2.45) is 0 Å². The summed E-state index contributed by atoms with van der Waals surface area (Å²) < 4.78 is 31.1. The van der Waals surface area contributed by atoms with E-state index in [4.69, 9.17) is 4.74 Å². The lowest BCUT2D eigenvalue weighted by Gasteiger charge is -2.28. The number of carbonyl (C=O) groups is 2. The van der Waals surface area contributed by atoms with Gasteiger partial charge in [-0.1, -0.05) is 12.1 Å². The number of rotatable bonds is 5. The van der Waals surface area contributed by atoms with Gasteiger partial charge in [0.25, 0.3) is 15.9 Å². The number of carbonyl (C=O) groups excluding carboxylic acids is 2. The zero-order valence-electron chi connectivity index (χ0n) is 15.7. The van der Waals surface area contributed by atoms with Crippen molar-refractivity contribution >= 4 is 33.2 Å². The molecule has 0 aliphatic carbocycles. The van der Waals surface area contributed by atoms with Gasteiger partial charge < -0.3 is 15.0 Å². The van der Waals surface area contributed by atoms with E-state index >= 15 is 0 Å². The van der Waals surface area contributed by atoms with E-state index in [2.05, 4.69) is 10.2 Å². The number of hydrogen-bond donors (Lipinski definition) is 1. The smallest absolute Gasteiger partial charge is 0.269 e. The number of nitrogens with one attached hydrogen (secondary N) is 1. The van der Waals surface area contributed by atoms with Crippen molar-refractivity contribution in [2.75, 3.05) is 43.1 Å². The molecule has 0 atom stereocenters. The first-order valence-electron chi connectivity index (χ1n) is 9.35. The minimum absolute atomic E-state index is 0.0101. The zero-order chi connectivity index (χ0) is 20.4. The quantitative estimate of drug-likeness (QED) is 0.799. The van der Waals surface area contributed by atoms with Crippen LogP contribution in [0.2, 0.25) is 0 Å². The third-order valence-corrected chi connectivity index (χ3v) is 6.82. The van der Waals surface area contributed by atoms with E-state index in [1.807, 2.05) is 12.1 Å². The molecule has 0 saturated carbocycles. The Hall–Kier alpha value is -2.91. The lowest BCUT2D eigenvalue weighted by atomic mass is 10.2. The van der Waals surface area contributed by atoms with Crippen LogP contribution in [0.1, 0.15) is 16.8 Å². The van der Waals surface area contributed by atoms with Crippen LogP contribution < -0.4 is 10.2 Å². The molecule has 2 heterocycles. The first-order valence-corrected chi connectivity index (χ1v) is 10.8. The fourth-order valence-electron chi connectivity index (χ4n) is 3.46. The Bertz CT molecular complexity index is 1030. The van der Waals surface area contributed by atoms with E-state index in [-0.39, 0.29) is 29.3 Å². The van der Waals surface area contributed by atoms with Crippen LogP contribution in [0.5, 0.6) is 0 Å². The molecule has 0 bridgehead atoms. The molecular formula is C20H21N3O5S. The van der Waals surface area contributed by atoms with E-state index < -0.39 is 15.9 Å². The molecule has 2 aromatic carbocycles. The summed E-state index contributed by atoms with van der Waals surface area (Å²) in [5.41, 5.74) is 1.82. The van der Waals surface area contributed by atoms with Gasteiger partial charge in [0, 0.05) is 37.4 Å². The average molecular weight is 415 g/mol. The van der Waals surface area contributed by atoms with Gasteiger partial charge in [-0.3, -0.25) is 9.59 Å². The number of nitrogens with zero attached hydrogens (tertiary/aromatic N) is 2. The summed E-state index contributed by atoms with van der Waals surface area (Å²) in [6.07, 6.45) is -0.121. The molecule has 152 valence electrons. The molecule has 29 heavy (non-hydrogen) atoms. The Morgan fingerprint density at radius 2 is 1.72 bits per heavy atom. The van der Waals surface area contributed by atoms with Crippen LogP contribution in [-0.2, 0) is 19.6 Å². The summed E-state index contributed by atoms with van der Waals surface area (Å²) >= 11 is 0. The first-order chi connectivity index (χ1) is 14.0. The number of benzene rings is 2. The highest BCUT2D eigenvalue weighted by molar-refractivity contribution is 7.90. The van der Waals surface area contributed by atoms with Gasteiger partial charge in [-0.05, 0) is 36.4 Å². The largest absolute Gasteiger partial charge is 0.378 e. The normalized spacial score (nSPS) is 17.9. The Morgan fingerprint density at radius 1 is 1.03 bits per heavy atom. The molecule has 8 nitrogen and oxygen atoms in total. The summed E-state index contributed by atoms with van der Waals surface area (Å²) in [4.78, 5) is 26.8. The molecule has 2 amide bonds. The summed E-state index contributed by atoms with van der Waals surface area (Å²) in [5, 5.41) is 2.74. The van der Waals surface area contributed by atoms with Crippen LogP contribution in [-0.4, -0.2) is 57.4 Å². The fourth-order valence-corrected chi connectivity index (χ4v) is 5.03. The van der Waals surface area contributed by atoms with Crippen LogP contribution in [0.4, 0.5) is 11.4 Å². The third-order valence-electron chi connectivity index (χ3n) is 4.98. The molecule has 1 saturated heterocycles. The second kappa shape index (κ2) is 7.84. The van der Waals surface area contributed by atoms with Gasteiger partial charge in [-0.25, -0.2) is 12.7 Å². The molecule has 1 N–H and O–H groups in total. The van der Waals surface area contributed by atoms with Gasteiger partial charge in [0.05, 0.1) is 18.8 Å². The van der Waals surface area contributed by atoms with Crippen molar-refractivity contribution in [1.82, 2.24) is 4.31 Å². The van der Waals surface area contributed by atoms with Crippen molar-refractivity contribution in [2.45, 2.75) is 11.3 Å². The van der Waals surface area contributed by atoms with Crippen molar-refractivity contribution < 1.29 is 22.7 Å². The second-order valence-corrected chi connectivity index (χ2v) is 8.65. The predicted octanol–water partition coefficient (Wildman–Crippen LogP) is 1.70. The van der Waals surface area contributed by atoms with Crippen LogP contribution in [0.15, 0.2) is 53.4 Å². The number of anilines is 2. The Kier molecular flexibility index (Phi) is 5.25. The summed E-state index contributed by atoms with van der Waals surface area (Å²) in [7, 11) is -3.89. The summed E-state index contributed by atoms with van der Waals surface area (Å²) in [5.74, 6) is -0.952. The molecule has 4 rings (SSSR count). The van der Waals surface area contributed by atoms with E-state index in [1.54, 1.807) is 24.3 Å². The molecule has 2 aliphatic heterocycles. The van der Waals surface area contributed by atoms with Crippen molar-refractivity contribution in [3.05, 3.63) is 54.1 Å². The number of hydrogen-bond acceptors (Lipinski definition) is 6. The van der Waals surface area contributed by atoms with Crippen LogP contribution in [0.25, 0.3) is 0 Å². The number of fused-ring (bicyclic) bond motifs is 1. The highest BCUT2D eigenvalue weighted by Gasteiger charge is 2.40. The predicted molar refractivity (Wildman–Crippen MR) is 107 cm³/mol. The maximum atomic E-state index is 12.5. The average Bonchev–Trinajstić information content (AvgIpc) is 2.93. The number of ether oxygens (including phenoxy) is 1. The Labute approximate surface area is 169 Å². The van der Waals surface area contributed by atoms with E-state index in [1.165, 1.54) is 12.1 Å². The lowest BCUT2D eigenvalue weighted by molar-refractivity contribution is -0.116. The van der Waals surface area contributed by atoms with E-state index in [0.717, 1.165) is 23.1 Å². The number of amides is 2. The van der Waals surface area contributed by atoms with Gasteiger partial charge in [0.15, 0.2) is 0 Å². The van der Waals surface area contributed by atoms with Crippen molar-refractivity contribution in [1.29, 1.82) is 0 Å². The molecule has 2 aliphatic rings. The SMILES string of the molecule is O=C(CCN1C(=O)c2ccccc2S1(=O)=O)Nc1ccc(N2CCOCC2)cc1. The zero-order valence-corrected chi connectivity index (χ0v) is 16.5. The van der Waals surface area contributed by atoms with Gasteiger partial charge in [0.1, 0.15) is 4.90 Å². The number of sulfonamides is 1. The monoisotopic (exact) mass is 415 g/mol. The van der Waals surface area contributed by atoms with Gasteiger partial charge in [0.2, 0.25) is 5.91 Å². The molecule has 0 spiro atoms. The Morgan fingerprint density at radius 3 is 2.41 bits per heavy atom. The molecule has 2 aromatic rings. The summed E-state index contributed by atoms with van der Waals surface area (Å²) in [6, 6.07) is 13.5. The van der Waals surface area contributed by atoms with Crippen LogP contribution >= 0.6 is 0 Å². The lowest BCUT2D eigenvalue weighted by Crippen LogP contribution is -2.36. The van der Waals surface area contributed by atoms with E-state index in [0.29, 0.717) is 18.9 Å². The van der Waals surface area contributed by atoms with Crippen molar-refractivity contribution in [3.8, 4) is 0 Å². The minimum atomic E-state index is -3.89. The maximum Gasteiger partial charge on any atom is 0.269 e. The number of morpholine rings is 1. The fraction of sp³-hybridized carbons (Fsp3) is 0.300. The molecule has 0 radical (unpaired) electrons. The second-order valence-electron chi connectivity index (χ2n) is 6.82. The van der Waals surface area contributed by atoms with Gasteiger partial charge in [-0.15, -0.1) is 0 Å². The van der Waals surface area contributed by atoms with E-state index in [9.17, 15) is 18.0 Å². The molecule has 0 unspecified atom stereocenters. The third kappa shape index (κ3) is 3.83. The van der Waals surface area contributed by atoms with Gasteiger partial charge in [-0.2, -0.15) is 0 Å². The highest BCUT2D eigenvalue weighted by Crippen LogP contribution is 2.30. The minimum Gasteiger partial charge on any atom is -0.378 e. The topological polar surface area (TPSA) is 96.0 Å². The molecule has 1 fully saturated rings. The highest BCUT2D eigenvalue weighted by atomic mass is 32.2. The van der Waals surface area contributed by atoms with Crippen LogP contribution in [0, 0.1) is 0 Å². The molecular weight excluding hydrogens is 394 g/mol. The summed E-state index contributed by atoms with van der Waals surface area (Å²) in [6.45, 7) is 2.84. The Balaban J connectivity index is 1.35. The first kappa shape index (κ1) is 19.4. The standard InChI is InChI=1S/C20H21N3O5S/c24-19(21-15-5-7-16(8-6-15)22-11-13-28-14-12-22)9-10-23-20(25)17-3-1-2-4-18(17)29(23,26)27/h1-8H,9-14H2,(H,21,24). The maximum absolute atomic E-state index is 12.5. The molecule has 9 heteroatoms. The van der Waals surface area contributed by atoms with Crippen molar-refractivity contribution in [3.63, 3.8) is 0 Å².